The third-order valence-corrected chi connectivity index (χ3v) is 21.1. The van der Waals surface area contributed by atoms with Gasteiger partial charge in [0.2, 0.25) is 0 Å². The summed E-state index contributed by atoms with van der Waals surface area (Å²) in [5.74, 6) is 0. The second-order valence-electron chi connectivity index (χ2n) is 26.5. The number of para-hydroxylation sites is 10. The molecule has 0 radical (unpaired) electrons. The molecule has 0 amide bonds. The molecule has 0 bridgehead atoms. The zero-order valence-electron chi connectivity index (χ0n) is 56.7. The number of rotatable bonds is 9. The molecule has 22 aromatic rings. The zero-order chi connectivity index (χ0) is 69.5. The summed E-state index contributed by atoms with van der Waals surface area (Å²) < 4.78 is 22.0. The van der Waals surface area contributed by atoms with Gasteiger partial charge in [-0.25, -0.2) is 0 Å². The van der Waals surface area contributed by atoms with Crippen LogP contribution >= 0.6 is 15.9 Å². The predicted octanol–water partition coefficient (Wildman–Crippen LogP) is 28.1. The van der Waals surface area contributed by atoms with E-state index >= 15 is 0 Å². The van der Waals surface area contributed by atoms with Crippen LogP contribution in [-0.2, 0) is 0 Å². The Labute approximate surface area is 619 Å². The van der Waals surface area contributed by atoms with E-state index in [1.54, 1.807) is 0 Å². The molecule has 0 saturated carbocycles. The number of anilines is 6. The van der Waals surface area contributed by atoms with Crippen LogP contribution in [0.2, 0.25) is 0 Å². The highest BCUT2D eigenvalue weighted by Crippen LogP contribution is 2.48. The van der Waals surface area contributed by atoms with Gasteiger partial charge in [0.1, 0.15) is 22.3 Å². The fourth-order valence-corrected chi connectivity index (χ4v) is 16.3. The average molecular weight is 1430 g/mol. The Bertz CT molecular complexity index is 6930. The van der Waals surface area contributed by atoms with Gasteiger partial charge in [-0.15, -0.1) is 0 Å². The number of furan rings is 2. The van der Waals surface area contributed by atoms with Gasteiger partial charge in [0.15, 0.2) is 0 Å². The van der Waals surface area contributed by atoms with Gasteiger partial charge in [-0.2, -0.15) is 0 Å². The van der Waals surface area contributed by atoms with Gasteiger partial charge in [0, 0.05) is 104 Å². The van der Waals surface area contributed by atoms with Crippen molar-refractivity contribution in [3.8, 4) is 17.1 Å². The SMILES string of the molecule is Brc1ccc(N(c2ccccc2)c2ccccc2)cc1.C.c1ccc(-n2c3ccccc3c3c4oc5c(ccc6[nH]c7ccccc7c65)c4ccc32)cc1.c1ccc(N(c2ccccc2)c2ccc(-n3c4ccccc4c4c5oc6c(ccc7c6c6ccccc6n7-c6ccccc6)c5ccc43)cc2)cc1. The molecule has 0 saturated heterocycles. The molecule has 22 rings (SSSR count). The normalized spacial score (nSPS) is 11.6. The topological polar surface area (TPSA) is 63.3 Å². The van der Waals surface area contributed by atoms with Crippen molar-refractivity contribution in [1.82, 2.24) is 18.7 Å². The third-order valence-electron chi connectivity index (χ3n) is 20.5. The van der Waals surface area contributed by atoms with Crippen molar-refractivity contribution in [3.05, 3.63) is 381 Å². The minimum absolute atomic E-state index is 0. The first-order valence-electron chi connectivity index (χ1n) is 35.4. The number of aromatic amines is 1. The number of benzene rings is 16. The molecule has 106 heavy (non-hydrogen) atoms. The van der Waals surface area contributed by atoms with Crippen molar-refractivity contribution in [2.24, 2.45) is 0 Å². The summed E-state index contributed by atoms with van der Waals surface area (Å²) in [5.41, 5.74) is 23.0. The number of H-pyrrole nitrogens is 1. The van der Waals surface area contributed by atoms with Gasteiger partial charge in [-0.05, 0) is 194 Å². The van der Waals surface area contributed by atoms with Crippen LogP contribution in [0.3, 0.4) is 0 Å². The van der Waals surface area contributed by atoms with E-state index in [0.29, 0.717) is 0 Å². The minimum Gasteiger partial charge on any atom is -0.455 e. The van der Waals surface area contributed by atoms with E-state index < -0.39 is 0 Å². The first-order chi connectivity index (χ1) is 52.1. The van der Waals surface area contributed by atoms with Crippen LogP contribution in [-0.4, -0.2) is 18.7 Å². The van der Waals surface area contributed by atoms with Gasteiger partial charge in [0.25, 0.3) is 0 Å². The third kappa shape index (κ3) is 10.5. The van der Waals surface area contributed by atoms with Crippen LogP contribution in [0.25, 0.3) is 148 Å². The summed E-state index contributed by atoms with van der Waals surface area (Å²) in [6.45, 7) is 0. The molecule has 0 fully saturated rings. The van der Waals surface area contributed by atoms with Crippen LogP contribution in [0.5, 0.6) is 0 Å². The summed E-state index contributed by atoms with van der Waals surface area (Å²) in [5, 5.41) is 13.9. The number of fused-ring (bicyclic) bond motifs is 22. The standard InChI is InChI=1S/C48H31N3O.C30H18N2O.C18H14BrN.CH4/c1-4-14-32(15-5-1)49(33-16-6-2-7-17-33)35-24-26-36(27-25-35)51-42-23-13-11-21-40(42)46-44(51)31-29-38-37-28-30-43-45(47(37)52-48(38)46)39-20-10-12-22-41(39)50(43)34-18-8-3-9-19-34;1-2-8-18(9-3-1)32-25-13-7-5-11-22(25)28-26(32)17-15-20-19-14-16-24-27(29(19)33-30(20)28)21-10-4-6-12-23(21)31-24;19-15-11-13-18(14-12-15)20(16-7-3-1-4-8-16)17-9-5-2-6-10-17;/h1-31H;1-17,31H;1-14H;1H4. The van der Waals surface area contributed by atoms with Gasteiger partial charge in [0.05, 0.1) is 60.2 Å². The van der Waals surface area contributed by atoms with Crippen molar-refractivity contribution < 1.29 is 8.83 Å². The summed E-state index contributed by atoms with van der Waals surface area (Å²) in [4.78, 5) is 8.08. The van der Waals surface area contributed by atoms with E-state index in [-0.39, 0.29) is 7.43 Å². The molecular weight excluding hydrogens is 1360 g/mol. The number of nitrogens with zero attached hydrogens (tertiary/aromatic N) is 5. The number of halogens is 1. The molecule has 6 aromatic heterocycles. The maximum absolute atomic E-state index is 7.11. The summed E-state index contributed by atoms with van der Waals surface area (Å²) >= 11 is 3.49. The van der Waals surface area contributed by atoms with Crippen molar-refractivity contribution in [1.29, 1.82) is 0 Å². The molecule has 0 aliphatic rings. The largest absolute Gasteiger partial charge is 0.455 e. The van der Waals surface area contributed by atoms with E-state index in [9.17, 15) is 0 Å². The number of hydrogen-bond donors (Lipinski definition) is 1. The molecule has 0 unspecified atom stereocenters. The maximum Gasteiger partial charge on any atom is 0.145 e. The van der Waals surface area contributed by atoms with Crippen LogP contribution in [0.15, 0.2) is 389 Å². The molecule has 0 aliphatic carbocycles. The lowest BCUT2D eigenvalue weighted by Crippen LogP contribution is -2.09. The van der Waals surface area contributed by atoms with E-state index in [1.807, 2.05) is 12.1 Å². The van der Waals surface area contributed by atoms with Crippen molar-refractivity contribution in [2.45, 2.75) is 7.43 Å². The predicted molar refractivity (Wildman–Crippen MR) is 450 cm³/mol. The van der Waals surface area contributed by atoms with Gasteiger partial charge in [-0.1, -0.05) is 205 Å². The van der Waals surface area contributed by atoms with E-state index in [2.05, 4.69) is 408 Å². The lowest BCUT2D eigenvalue weighted by atomic mass is 10.1. The number of nitrogens with one attached hydrogen (secondary N) is 1. The molecule has 8 nitrogen and oxygen atoms in total. The second-order valence-corrected chi connectivity index (χ2v) is 27.4. The summed E-state index contributed by atoms with van der Waals surface area (Å²) in [7, 11) is 0. The summed E-state index contributed by atoms with van der Waals surface area (Å²) in [6.07, 6.45) is 0. The Balaban J connectivity index is 0.000000121. The molecule has 6 heterocycles. The molecule has 9 heteroatoms. The van der Waals surface area contributed by atoms with Gasteiger partial charge in [-0.3, -0.25) is 0 Å². The number of aromatic nitrogens is 4. The first-order valence-corrected chi connectivity index (χ1v) is 36.2. The maximum atomic E-state index is 7.11. The zero-order valence-corrected chi connectivity index (χ0v) is 58.3. The molecular formula is C97H67BrN6O2. The molecule has 16 aromatic carbocycles. The van der Waals surface area contributed by atoms with Gasteiger partial charge < -0.3 is 37.3 Å². The monoisotopic (exact) mass is 1430 g/mol. The highest BCUT2D eigenvalue weighted by Gasteiger charge is 2.25. The van der Waals surface area contributed by atoms with Gasteiger partial charge >= 0.3 is 0 Å². The molecule has 504 valence electrons. The Hall–Kier alpha value is -13.6. The molecule has 0 atom stereocenters. The Kier molecular flexibility index (Phi) is 15.7. The Morgan fingerprint density at radius 3 is 0.877 bits per heavy atom. The van der Waals surface area contributed by atoms with E-state index in [4.69, 9.17) is 8.83 Å². The van der Waals surface area contributed by atoms with Crippen molar-refractivity contribution in [3.63, 3.8) is 0 Å². The Morgan fingerprint density at radius 1 is 0.217 bits per heavy atom. The van der Waals surface area contributed by atoms with Crippen LogP contribution in [0.1, 0.15) is 7.43 Å². The molecule has 1 N–H and O–H groups in total. The average Bonchev–Trinajstić information content (AvgIpc) is 1.55. The van der Waals surface area contributed by atoms with Crippen LogP contribution in [0.4, 0.5) is 34.1 Å². The smallest absolute Gasteiger partial charge is 0.145 e. The lowest BCUT2D eigenvalue weighted by Gasteiger charge is -2.25. The molecule has 0 spiro atoms. The Morgan fingerprint density at radius 2 is 0.500 bits per heavy atom. The highest BCUT2D eigenvalue weighted by atomic mass is 79.9. The first kappa shape index (κ1) is 63.3. The second kappa shape index (κ2) is 26.3. The highest BCUT2D eigenvalue weighted by molar-refractivity contribution is 9.10. The van der Waals surface area contributed by atoms with Crippen LogP contribution in [0, 0.1) is 0 Å². The van der Waals surface area contributed by atoms with Crippen LogP contribution < -0.4 is 9.80 Å². The van der Waals surface area contributed by atoms with E-state index in [1.165, 1.54) is 32.6 Å². The summed E-state index contributed by atoms with van der Waals surface area (Å²) in [6, 6.07) is 132. The van der Waals surface area contributed by atoms with Crippen molar-refractivity contribution >= 4 is 181 Å². The minimum atomic E-state index is 0. The molecule has 0 aliphatic heterocycles. The van der Waals surface area contributed by atoms with Crippen molar-refractivity contribution in [2.75, 3.05) is 9.80 Å². The quantitative estimate of drug-likeness (QED) is 0.156. The number of hydrogen-bond acceptors (Lipinski definition) is 4. The van der Waals surface area contributed by atoms with E-state index in [0.717, 1.165) is 154 Å². The fraction of sp³-hybridized carbons (Fsp3) is 0.0103. The lowest BCUT2D eigenvalue weighted by molar-refractivity contribution is 0.676. The fourth-order valence-electron chi connectivity index (χ4n) is 16.0.